The van der Waals surface area contributed by atoms with E-state index in [1.807, 2.05) is 24.3 Å². The monoisotopic (exact) mass is 342 g/mol. The van der Waals surface area contributed by atoms with Crippen molar-refractivity contribution < 1.29 is 14.7 Å². The van der Waals surface area contributed by atoms with Crippen LogP contribution in [0, 0.1) is 0 Å². The van der Waals surface area contributed by atoms with E-state index >= 15 is 0 Å². The summed E-state index contributed by atoms with van der Waals surface area (Å²) >= 11 is 0. The summed E-state index contributed by atoms with van der Waals surface area (Å²) in [5, 5.41) is 15.9. The van der Waals surface area contributed by atoms with Crippen LogP contribution in [0.3, 0.4) is 0 Å². The van der Waals surface area contributed by atoms with E-state index in [1.165, 1.54) is 18.4 Å². The molecule has 25 heavy (non-hydrogen) atoms. The molecule has 2 aliphatic carbocycles. The number of rotatable bonds is 5. The molecule has 0 heterocycles. The Balaban J connectivity index is 1.40. The molecule has 0 aliphatic heterocycles. The van der Waals surface area contributed by atoms with Crippen LogP contribution in [0.25, 0.3) is 0 Å². The van der Waals surface area contributed by atoms with Crippen LogP contribution in [0.4, 0.5) is 0 Å². The molecular formula is C20H26N2O3. The highest BCUT2D eigenvalue weighted by atomic mass is 16.3. The van der Waals surface area contributed by atoms with Crippen LogP contribution in [0.15, 0.2) is 35.9 Å². The lowest BCUT2D eigenvalue weighted by Crippen LogP contribution is -2.48. The van der Waals surface area contributed by atoms with Gasteiger partial charge in [0.2, 0.25) is 0 Å². The summed E-state index contributed by atoms with van der Waals surface area (Å²) in [6.07, 6.45) is 8.70. The summed E-state index contributed by atoms with van der Waals surface area (Å²) in [6, 6.07) is 7.86. The maximum Gasteiger partial charge on any atom is 0.309 e. The largest absolute Gasteiger partial charge is 0.387 e. The smallest absolute Gasteiger partial charge is 0.309 e. The summed E-state index contributed by atoms with van der Waals surface area (Å²) < 4.78 is 0. The number of carbonyl (C=O) groups is 2. The van der Waals surface area contributed by atoms with E-state index in [-0.39, 0.29) is 6.54 Å². The zero-order valence-corrected chi connectivity index (χ0v) is 14.5. The number of hydrogen-bond acceptors (Lipinski definition) is 3. The third-order valence-corrected chi connectivity index (χ3v) is 5.06. The van der Waals surface area contributed by atoms with Gasteiger partial charge in [0.1, 0.15) is 0 Å². The van der Waals surface area contributed by atoms with Crippen LogP contribution >= 0.6 is 0 Å². The average Bonchev–Trinajstić information content (AvgIpc) is 2.97. The number of hydrogen-bond donors (Lipinski definition) is 3. The van der Waals surface area contributed by atoms with Crippen LogP contribution in [-0.2, 0) is 22.4 Å². The molecule has 0 saturated carbocycles. The molecule has 1 aromatic carbocycles. The van der Waals surface area contributed by atoms with Crippen LogP contribution in [0.2, 0.25) is 0 Å². The molecule has 0 fully saturated rings. The highest BCUT2D eigenvalue weighted by molar-refractivity contribution is 6.35. The standard InChI is InChI=1S/C20H26N2O3/c23-18(21-11-10-15-6-2-1-3-7-15)19(24)22-14-20(25)12-16-8-4-5-9-17(16)13-20/h4-6,8-9,25H,1-3,7,10-14H2,(H,21,23)(H,22,24). The first-order chi connectivity index (χ1) is 12.1. The fourth-order valence-electron chi connectivity index (χ4n) is 3.67. The van der Waals surface area contributed by atoms with Gasteiger partial charge in [-0.3, -0.25) is 9.59 Å². The van der Waals surface area contributed by atoms with E-state index in [0.717, 1.165) is 30.4 Å². The minimum absolute atomic E-state index is 0.0824. The summed E-state index contributed by atoms with van der Waals surface area (Å²) in [6.45, 7) is 0.562. The molecule has 2 aliphatic rings. The van der Waals surface area contributed by atoms with E-state index in [1.54, 1.807) is 0 Å². The quantitative estimate of drug-likeness (QED) is 0.562. The molecule has 0 spiro atoms. The molecule has 0 saturated heterocycles. The number of carbonyl (C=O) groups excluding carboxylic acids is 2. The second kappa shape index (κ2) is 7.83. The highest BCUT2D eigenvalue weighted by Gasteiger charge is 2.35. The van der Waals surface area contributed by atoms with Gasteiger partial charge in [0, 0.05) is 25.9 Å². The van der Waals surface area contributed by atoms with Gasteiger partial charge in [-0.05, 0) is 43.2 Å². The molecule has 1 aromatic rings. The Hall–Kier alpha value is -2.14. The van der Waals surface area contributed by atoms with Crippen LogP contribution < -0.4 is 10.6 Å². The summed E-state index contributed by atoms with van der Waals surface area (Å²) in [7, 11) is 0. The zero-order chi connectivity index (χ0) is 17.7. The van der Waals surface area contributed by atoms with Crippen molar-refractivity contribution in [3.8, 4) is 0 Å². The lowest BCUT2D eigenvalue weighted by Gasteiger charge is -2.22. The van der Waals surface area contributed by atoms with Gasteiger partial charge in [-0.25, -0.2) is 0 Å². The third kappa shape index (κ3) is 4.69. The molecule has 5 heteroatoms. The van der Waals surface area contributed by atoms with Crippen molar-refractivity contribution in [1.29, 1.82) is 0 Å². The van der Waals surface area contributed by atoms with Gasteiger partial charge in [-0.2, -0.15) is 0 Å². The van der Waals surface area contributed by atoms with E-state index in [4.69, 9.17) is 0 Å². The highest BCUT2D eigenvalue weighted by Crippen LogP contribution is 2.29. The van der Waals surface area contributed by atoms with Gasteiger partial charge >= 0.3 is 11.8 Å². The first-order valence-corrected chi connectivity index (χ1v) is 9.09. The van der Waals surface area contributed by atoms with E-state index < -0.39 is 17.4 Å². The Bertz CT molecular complexity index is 656. The Labute approximate surface area is 148 Å². The summed E-state index contributed by atoms with van der Waals surface area (Å²) in [5.74, 6) is -1.31. The van der Waals surface area contributed by atoms with Crippen molar-refractivity contribution in [2.45, 2.75) is 50.5 Å². The molecular weight excluding hydrogens is 316 g/mol. The van der Waals surface area contributed by atoms with Crippen molar-refractivity contribution in [2.24, 2.45) is 0 Å². The van der Waals surface area contributed by atoms with Crippen molar-refractivity contribution in [3.05, 3.63) is 47.0 Å². The minimum Gasteiger partial charge on any atom is -0.387 e. The Kier molecular flexibility index (Phi) is 5.53. The van der Waals surface area contributed by atoms with Gasteiger partial charge in [-0.15, -0.1) is 0 Å². The Morgan fingerprint density at radius 1 is 1.04 bits per heavy atom. The zero-order valence-electron chi connectivity index (χ0n) is 14.5. The van der Waals surface area contributed by atoms with E-state index in [2.05, 4.69) is 16.7 Å². The molecule has 0 bridgehead atoms. The second-order valence-corrected chi connectivity index (χ2v) is 7.14. The maximum absolute atomic E-state index is 11.9. The van der Waals surface area contributed by atoms with Crippen molar-refractivity contribution in [2.75, 3.05) is 13.1 Å². The first kappa shape index (κ1) is 17.7. The van der Waals surface area contributed by atoms with Gasteiger partial charge in [-0.1, -0.05) is 35.9 Å². The van der Waals surface area contributed by atoms with Gasteiger partial charge in [0.05, 0.1) is 5.60 Å². The first-order valence-electron chi connectivity index (χ1n) is 9.09. The lowest BCUT2D eigenvalue weighted by atomic mass is 9.97. The topological polar surface area (TPSA) is 78.4 Å². The van der Waals surface area contributed by atoms with Crippen LogP contribution in [0.5, 0.6) is 0 Å². The van der Waals surface area contributed by atoms with Crippen LogP contribution in [0.1, 0.15) is 43.2 Å². The fourth-order valence-corrected chi connectivity index (χ4v) is 3.67. The molecule has 3 rings (SSSR count). The molecule has 0 atom stereocenters. The van der Waals surface area contributed by atoms with Gasteiger partial charge in [0.15, 0.2) is 0 Å². The Morgan fingerprint density at radius 2 is 1.72 bits per heavy atom. The molecule has 134 valence electrons. The number of fused-ring (bicyclic) bond motifs is 1. The second-order valence-electron chi connectivity index (χ2n) is 7.14. The number of aliphatic hydroxyl groups is 1. The number of nitrogens with one attached hydrogen (secondary N) is 2. The molecule has 0 aromatic heterocycles. The number of amides is 2. The molecule has 0 unspecified atom stereocenters. The predicted molar refractivity (Wildman–Crippen MR) is 96.0 cm³/mol. The van der Waals surface area contributed by atoms with Gasteiger partial charge < -0.3 is 15.7 Å². The lowest BCUT2D eigenvalue weighted by molar-refractivity contribution is -0.139. The maximum atomic E-state index is 11.9. The normalized spacial score (nSPS) is 18.2. The van der Waals surface area contributed by atoms with Crippen molar-refractivity contribution >= 4 is 11.8 Å². The number of allylic oxidation sites excluding steroid dienone is 1. The molecule has 5 nitrogen and oxygen atoms in total. The molecule has 3 N–H and O–H groups in total. The molecule has 2 amide bonds. The fraction of sp³-hybridized carbons (Fsp3) is 0.500. The average molecular weight is 342 g/mol. The Morgan fingerprint density at radius 3 is 2.36 bits per heavy atom. The van der Waals surface area contributed by atoms with Crippen LogP contribution in [-0.4, -0.2) is 35.6 Å². The van der Waals surface area contributed by atoms with Gasteiger partial charge in [0.25, 0.3) is 0 Å². The summed E-state index contributed by atoms with van der Waals surface area (Å²) in [4.78, 5) is 23.8. The minimum atomic E-state index is -1.01. The predicted octanol–water partition coefficient (Wildman–Crippen LogP) is 1.64. The summed E-state index contributed by atoms with van der Waals surface area (Å²) in [5.41, 5.74) is 2.56. The third-order valence-electron chi connectivity index (χ3n) is 5.06. The molecule has 0 radical (unpaired) electrons. The number of benzene rings is 1. The van der Waals surface area contributed by atoms with E-state index in [0.29, 0.717) is 19.4 Å². The SMILES string of the molecule is O=C(NCCC1=CCCCC1)C(=O)NCC1(O)Cc2ccccc2C1. The van der Waals surface area contributed by atoms with Crippen molar-refractivity contribution in [1.82, 2.24) is 10.6 Å². The van der Waals surface area contributed by atoms with Crippen molar-refractivity contribution in [3.63, 3.8) is 0 Å². The van der Waals surface area contributed by atoms with E-state index in [9.17, 15) is 14.7 Å².